The number of hydrogen-bond acceptors (Lipinski definition) is 5. The van der Waals surface area contributed by atoms with E-state index >= 15 is 0 Å². The number of carbonyl (C=O) groups is 2. The van der Waals surface area contributed by atoms with Gasteiger partial charge in [-0.05, 0) is 31.4 Å². The molecule has 2 atom stereocenters. The Morgan fingerprint density at radius 3 is 2.50 bits per heavy atom. The number of amides is 1. The Balaban J connectivity index is 2.08. The van der Waals surface area contributed by atoms with Gasteiger partial charge in [-0.25, -0.2) is 8.42 Å². The van der Waals surface area contributed by atoms with Gasteiger partial charge in [0.25, 0.3) is 10.0 Å². The van der Waals surface area contributed by atoms with Crippen molar-refractivity contribution in [2.75, 3.05) is 6.54 Å². The van der Waals surface area contributed by atoms with Gasteiger partial charge in [-0.1, -0.05) is 26.0 Å². The van der Waals surface area contributed by atoms with E-state index in [4.69, 9.17) is 0 Å². The number of carboxylic acids is 1. The van der Waals surface area contributed by atoms with Gasteiger partial charge in [0.1, 0.15) is 11.9 Å². The van der Waals surface area contributed by atoms with Crippen molar-refractivity contribution in [1.82, 2.24) is 10.0 Å². The minimum absolute atomic E-state index is 0.00382. The van der Waals surface area contributed by atoms with Crippen LogP contribution in [0.5, 0.6) is 0 Å². The van der Waals surface area contributed by atoms with Gasteiger partial charge in [0.05, 0.1) is 10.8 Å². The largest absolute Gasteiger partial charge is 0.481 e. The van der Waals surface area contributed by atoms with Crippen LogP contribution in [0.2, 0.25) is 0 Å². The van der Waals surface area contributed by atoms with Crippen molar-refractivity contribution in [1.29, 1.82) is 0 Å². The van der Waals surface area contributed by atoms with Crippen LogP contribution >= 0.6 is 0 Å². The number of benzene rings is 1. The summed E-state index contributed by atoms with van der Waals surface area (Å²) >= 11 is 0. The van der Waals surface area contributed by atoms with Crippen molar-refractivity contribution in [2.45, 2.75) is 38.1 Å². The first-order valence-electron chi connectivity index (χ1n) is 8.32. The number of sulfonamides is 1. The van der Waals surface area contributed by atoms with Crippen LogP contribution in [-0.2, 0) is 19.6 Å². The van der Waals surface area contributed by atoms with Crippen LogP contribution < -0.4 is 10.0 Å². The average molecular weight is 381 g/mol. The molecule has 1 heterocycles. The smallest absolute Gasteiger partial charge is 0.308 e. The van der Waals surface area contributed by atoms with Crippen molar-refractivity contribution in [3.63, 3.8) is 0 Å². The summed E-state index contributed by atoms with van der Waals surface area (Å²) in [6, 6.07) is 5.50. The van der Waals surface area contributed by atoms with Crippen LogP contribution in [0.4, 0.5) is 0 Å². The van der Waals surface area contributed by atoms with Gasteiger partial charge in [0.15, 0.2) is 0 Å². The third kappa shape index (κ3) is 4.60. The zero-order chi connectivity index (χ0) is 19.5. The number of aliphatic carboxylic acids is 1. The van der Waals surface area contributed by atoms with Crippen molar-refractivity contribution < 1.29 is 23.1 Å². The molecule has 0 radical (unpaired) electrons. The maximum atomic E-state index is 12.2. The third-order valence-corrected chi connectivity index (χ3v) is 5.39. The number of carboxylic acid groups (broad SMARTS) is 1. The standard InChI is InChI=1S/C17H23N3O5S/c1-10(2)8-12(17(22)23)9-18-16(21)11(3)19-15-13-6-4-5-7-14(13)26(24,25)20-15/h4-7,10-12H,8-9H2,1-3H3,(H,18,21)(H,19,20)(H,22,23). The van der Waals surface area contributed by atoms with Gasteiger partial charge in [0.2, 0.25) is 5.91 Å². The van der Waals surface area contributed by atoms with E-state index in [1.165, 1.54) is 13.0 Å². The van der Waals surface area contributed by atoms with Crippen molar-refractivity contribution >= 4 is 27.7 Å². The lowest BCUT2D eigenvalue weighted by Gasteiger charge is -2.16. The molecule has 142 valence electrons. The summed E-state index contributed by atoms with van der Waals surface area (Å²) in [5.41, 5.74) is 0.412. The van der Waals surface area contributed by atoms with E-state index in [2.05, 4.69) is 15.0 Å². The second kappa shape index (κ2) is 7.86. The lowest BCUT2D eigenvalue weighted by molar-refractivity contribution is -0.142. The Kier molecular flexibility index (Phi) is 6.01. The fraction of sp³-hybridized carbons (Fsp3) is 0.471. The predicted molar refractivity (Wildman–Crippen MR) is 96.4 cm³/mol. The molecule has 0 fully saturated rings. The van der Waals surface area contributed by atoms with Crippen molar-refractivity contribution in [2.24, 2.45) is 16.8 Å². The zero-order valence-electron chi connectivity index (χ0n) is 14.9. The molecule has 0 saturated carbocycles. The lowest BCUT2D eigenvalue weighted by Crippen LogP contribution is -2.38. The van der Waals surface area contributed by atoms with E-state index in [0.29, 0.717) is 12.0 Å². The number of nitrogens with one attached hydrogen (secondary N) is 2. The molecule has 26 heavy (non-hydrogen) atoms. The van der Waals surface area contributed by atoms with Crippen LogP contribution in [0, 0.1) is 11.8 Å². The summed E-state index contributed by atoms with van der Waals surface area (Å²) in [6.07, 6.45) is 0.450. The number of nitrogens with zero attached hydrogens (tertiary/aromatic N) is 1. The van der Waals surface area contributed by atoms with E-state index in [9.17, 15) is 23.1 Å². The number of fused-ring (bicyclic) bond motifs is 1. The summed E-state index contributed by atoms with van der Waals surface area (Å²) in [5.74, 6) is -1.80. The Hall–Kier alpha value is -2.42. The molecule has 3 N–H and O–H groups in total. The summed E-state index contributed by atoms with van der Waals surface area (Å²) in [6.45, 7) is 5.35. The molecule has 0 saturated heterocycles. The molecule has 1 aromatic carbocycles. The number of amidine groups is 1. The van der Waals surface area contributed by atoms with Gasteiger partial charge in [-0.3, -0.25) is 19.3 Å². The maximum Gasteiger partial charge on any atom is 0.308 e. The quantitative estimate of drug-likeness (QED) is 0.649. The second-order valence-electron chi connectivity index (χ2n) is 6.67. The molecular weight excluding hydrogens is 358 g/mol. The van der Waals surface area contributed by atoms with E-state index in [-0.39, 0.29) is 23.2 Å². The first-order valence-corrected chi connectivity index (χ1v) is 9.80. The lowest BCUT2D eigenvalue weighted by atomic mass is 9.97. The molecule has 2 rings (SSSR count). The van der Waals surface area contributed by atoms with E-state index in [1.807, 2.05) is 13.8 Å². The summed E-state index contributed by atoms with van der Waals surface area (Å²) < 4.78 is 26.4. The molecule has 1 amide bonds. The van der Waals surface area contributed by atoms with Crippen LogP contribution in [0.25, 0.3) is 0 Å². The molecular formula is C17H23N3O5S. The van der Waals surface area contributed by atoms with Gasteiger partial charge in [0, 0.05) is 12.1 Å². The van der Waals surface area contributed by atoms with E-state index in [1.54, 1.807) is 18.2 Å². The molecule has 8 nitrogen and oxygen atoms in total. The zero-order valence-corrected chi connectivity index (χ0v) is 15.7. The van der Waals surface area contributed by atoms with Gasteiger partial charge in [-0.15, -0.1) is 0 Å². The molecule has 0 spiro atoms. The Morgan fingerprint density at radius 1 is 1.23 bits per heavy atom. The Labute approximate surface area is 152 Å². The molecule has 0 aliphatic carbocycles. The Morgan fingerprint density at radius 2 is 1.88 bits per heavy atom. The fourth-order valence-corrected chi connectivity index (χ4v) is 3.93. The topological polar surface area (TPSA) is 125 Å². The minimum Gasteiger partial charge on any atom is -0.481 e. The average Bonchev–Trinajstić information content (AvgIpc) is 2.81. The van der Waals surface area contributed by atoms with Gasteiger partial charge in [-0.2, -0.15) is 0 Å². The fourth-order valence-electron chi connectivity index (χ4n) is 2.69. The highest BCUT2D eigenvalue weighted by molar-refractivity contribution is 7.90. The van der Waals surface area contributed by atoms with Crippen molar-refractivity contribution in [3.8, 4) is 0 Å². The summed E-state index contributed by atoms with van der Waals surface area (Å²) in [5, 5.41) is 11.8. The highest BCUT2D eigenvalue weighted by Gasteiger charge is 2.31. The molecule has 1 aliphatic heterocycles. The molecule has 9 heteroatoms. The predicted octanol–water partition coefficient (Wildman–Crippen LogP) is 0.977. The molecule has 2 unspecified atom stereocenters. The molecule has 1 aliphatic rings. The number of carbonyl (C=O) groups excluding carboxylic acids is 1. The normalized spacial score (nSPS) is 18.8. The van der Waals surface area contributed by atoms with Gasteiger partial charge >= 0.3 is 5.97 Å². The number of rotatable bonds is 7. The Bertz CT molecular complexity index is 833. The number of hydrogen-bond donors (Lipinski definition) is 3. The second-order valence-corrected chi connectivity index (χ2v) is 8.32. The first-order chi connectivity index (χ1) is 12.1. The van der Waals surface area contributed by atoms with E-state index in [0.717, 1.165) is 0 Å². The SMILES string of the molecule is CC(C)CC(CNC(=O)C(C)N=C1NS(=O)(=O)c2ccccc21)C(=O)O. The van der Waals surface area contributed by atoms with Crippen molar-refractivity contribution in [3.05, 3.63) is 29.8 Å². The van der Waals surface area contributed by atoms with Crippen LogP contribution in [0.15, 0.2) is 34.2 Å². The van der Waals surface area contributed by atoms with Gasteiger partial charge < -0.3 is 10.4 Å². The minimum atomic E-state index is -3.67. The molecule has 1 aromatic rings. The highest BCUT2D eigenvalue weighted by atomic mass is 32.2. The highest BCUT2D eigenvalue weighted by Crippen LogP contribution is 2.22. The van der Waals surface area contributed by atoms with Crippen LogP contribution in [0.1, 0.15) is 32.8 Å². The van der Waals surface area contributed by atoms with Crippen LogP contribution in [-0.4, -0.2) is 43.8 Å². The molecule has 0 bridgehead atoms. The monoisotopic (exact) mass is 381 g/mol. The van der Waals surface area contributed by atoms with E-state index < -0.39 is 33.9 Å². The number of aliphatic imine (C=N–C) groups is 1. The summed E-state index contributed by atoms with van der Waals surface area (Å²) in [4.78, 5) is 27.8. The summed E-state index contributed by atoms with van der Waals surface area (Å²) in [7, 11) is -3.67. The maximum absolute atomic E-state index is 12.2. The van der Waals surface area contributed by atoms with Crippen LogP contribution in [0.3, 0.4) is 0 Å². The first kappa shape index (κ1) is 19.9. The molecule has 0 aromatic heterocycles. The third-order valence-electron chi connectivity index (χ3n) is 3.99.